The summed E-state index contributed by atoms with van der Waals surface area (Å²) in [4.78, 5) is 3.16. The Morgan fingerprint density at radius 1 is 0.929 bits per heavy atom. The number of benzene rings is 1. The Labute approximate surface area is 83.2 Å². The van der Waals surface area contributed by atoms with Crippen molar-refractivity contribution in [3.05, 3.63) is 59.4 Å². The van der Waals surface area contributed by atoms with Crippen LogP contribution in [0.3, 0.4) is 0 Å². The van der Waals surface area contributed by atoms with Gasteiger partial charge in [-0.3, -0.25) is 0 Å². The Balaban J connectivity index is 2.11. The molecule has 0 bridgehead atoms. The van der Waals surface area contributed by atoms with E-state index in [4.69, 9.17) is 5.11 Å². The predicted molar refractivity (Wildman–Crippen MR) is 56.0 cm³/mol. The van der Waals surface area contributed by atoms with Crippen LogP contribution >= 0.6 is 0 Å². The second-order valence-electron chi connectivity index (χ2n) is 3.33. The average molecular weight is 187 g/mol. The van der Waals surface area contributed by atoms with E-state index < -0.39 is 0 Å². The maximum atomic E-state index is 8.89. The number of H-pyrrole nitrogens is 1. The molecule has 14 heavy (non-hydrogen) atoms. The van der Waals surface area contributed by atoms with Crippen molar-refractivity contribution in [2.24, 2.45) is 0 Å². The molecule has 0 aliphatic rings. The van der Waals surface area contributed by atoms with Gasteiger partial charge in [-0.05, 0) is 17.7 Å². The van der Waals surface area contributed by atoms with Crippen molar-refractivity contribution >= 4 is 0 Å². The molecule has 1 aromatic heterocycles. The first-order valence-electron chi connectivity index (χ1n) is 4.70. The second-order valence-corrected chi connectivity index (χ2v) is 3.33. The number of aromatic nitrogens is 1. The molecule has 0 spiro atoms. The Kier molecular flexibility index (Phi) is 2.65. The molecule has 0 aliphatic carbocycles. The van der Waals surface area contributed by atoms with Crippen LogP contribution in [0, 0.1) is 0 Å². The summed E-state index contributed by atoms with van der Waals surface area (Å²) in [5.41, 5.74) is 3.29. The molecular weight excluding hydrogens is 174 g/mol. The Bertz CT molecular complexity index is 392. The van der Waals surface area contributed by atoms with Crippen LogP contribution in [0.4, 0.5) is 0 Å². The zero-order chi connectivity index (χ0) is 9.80. The van der Waals surface area contributed by atoms with E-state index >= 15 is 0 Å². The third kappa shape index (κ3) is 2.03. The van der Waals surface area contributed by atoms with Gasteiger partial charge in [-0.2, -0.15) is 0 Å². The molecular formula is C12H13NO. The second kappa shape index (κ2) is 4.11. The van der Waals surface area contributed by atoms with Gasteiger partial charge in [0, 0.05) is 17.8 Å². The minimum absolute atomic E-state index is 0.0782. The Morgan fingerprint density at radius 3 is 2.29 bits per heavy atom. The van der Waals surface area contributed by atoms with Gasteiger partial charge in [-0.25, -0.2) is 0 Å². The first-order valence-corrected chi connectivity index (χ1v) is 4.70. The van der Waals surface area contributed by atoms with Gasteiger partial charge in [-0.15, -0.1) is 0 Å². The first kappa shape index (κ1) is 9.03. The molecule has 0 atom stereocenters. The minimum atomic E-state index is 0.0782. The maximum Gasteiger partial charge on any atom is 0.0830 e. The van der Waals surface area contributed by atoms with Crippen molar-refractivity contribution in [2.45, 2.75) is 13.0 Å². The SMILES string of the molecule is OCc1ccc(Cc2ccccc2)[nH]1. The lowest BCUT2D eigenvalue weighted by atomic mass is 10.1. The van der Waals surface area contributed by atoms with E-state index in [2.05, 4.69) is 17.1 Å². The van der Waals surface area contributed by atoms with Gasteiger partial charge in [0.25, 0.3) is 0 Å². The number of aliphatic hydroxyl groups excluding tert-OH is 1. The highest BCUT2D eigenvalue weighted by molar-refractivity contribution is 5.23. The molecule has 2 rings (SSSR count). The van der Waals surface area contributed by atoms with Crippen LogP contribution < -0.4 is 0 Å². The molecule has 1 aromatic carbocycles. The molecule has 0 unspecified atom stereocenters. The number of aromatic amines is 1. The van der Waals surface area contributed by atoms with Crippen molar-refractivity contribution in [3.8, 4) is 0 Å². The van der Waals surface area contributed by atoms with Gasteiger partial charge < -0.3 is 10.1 Å². The number of hydrogen-bond acceptors (Lipinski definition) is 1. The van der Waals surface area contributed by atoms with Crippen LogP contribution in [0.1, 0.15) is 17.0 Å². The highest BCUT2D eigenvalue weighted by Crippen LogP contribution is 2.08. The van der Waals surface area contributed by atoms with Crippen LogP contribution in [0.5, 0.6) is 0 Å². The van der Waals surface area contributed by atoms with E-state index in [0.29, 0.717) is 0 Å². The summed E-state index contributed by atoms with van der Waals surface area (Å²) in [6, 6.07) is 14.2. The fourth-order valence-electron chi connectivity index (χ4n) is 1.50. The molecule has 0 saturated heterocycles. The third-order valence-electron chi connectivity index (χ3n) is 2.21. The third-order valence-corrected chi connectivity index (χ3v) is 2.21. The predicted octanol–water partition coefficient (Wildman–Crippen LogP) is 2.10. The summed E-state index contributed by atoms with van der Waals surface area (Å²) < 4.78 is 0. The molecule has 2 N–H and O–H groups in total. The fraction of sp³-hybridized carbons (Fsp3) is 0.167. The Hall–Kier alpha value is -1.54. The van der Waals surface area contributed by atoms with E-state index in [1.54, 1.807) is 0 Å². The molecule has 2 heteroatoms. The van der Waals surface area contributed by atoms with Crippen molar-refractivity contribution in [3.63, 3.8) is 0 Å². The lowest BCUT2D eigenvalue weighted by molar-refractivity contribution is 0.277. The maximum absolute atomic E-state index is 8.89. The van der Waals surface area contributed by atoms with Gasteiger partial charge in [0.15, 0.2) is 0 Å². The van der Waals surface area contributed by atoms with Crippen molar-refractivity contribution in [1.82, 2.24) is 4.98 Å². The van der Waals surface area contributed by atoms with E-state index in [1.807, 2.05) is 30.3 Å². The highest BCUT2D eigenvalue weighted by atomic mass is 16.3. The van der Waals surface area contributed by atoms with Crippen molar-refractivity contribution < 1.29 is 5.11 Å². The highest BCUT2D eigenvalue weighted by Gasteiger charge is 1.98. The normalized spacial score (nSPS) is 10.4. The molecule has 0 radical (unpaired) electrons. The van der Waals surface area contributed by atoms with Crippen LogP contribution in [0.15, 0.2) is 42.5 Å². The van der Waals surface area contributed by atoms with Gasteiger partial charge in [0.2, 0.25) is 0 Å². The van der Waals surface area contributed by atoms with E-state index in [9.17, 15) is 0 Å². The summed E-state index contributed by atoms with van der Waals surface area (Å²) in [6.07, 6.45) is 0.890. The molecule has 0 saturated carbocycles. The zero-order valence-electron chi connectivity index (χ0n) is 7.90. The smallest absolute Gasteiger partial charge is 0.0830 e. The number of aliphatic hydroxyl groups is 1. The van der Waals surface area contributed by atoms with Crippen molar-refractivity contribution in [1.29, 1.82) is 0 Å². The topological polar surface area (TPSA) is 36.0 Å². The molecule has 0 fully saturated rings. The number of nitrogens with one attached hydrogen (secondary N) is 1. The van der Waals surface area contributed by atoms with Crippen LogP contribution in [-0.4, -0.2) is 10.1 Å². The molecule has 72 valence electrons. The Morgan fingerprint density at radius 2 is 1.64 bits per heavy atom. The number of rotatable bonds is 3. The fourth-order valence-corrected chi connectivity index (χ4v) is 1.50. The summed E-state index contributed by atoms with van der Waals surface area (Å²) in [5.74, 6) is 0. The molecule has 0 amide bonds. The summed E-state index contributed by atoms with van der Waals surface area (Å²) in [7, 11) is 0. The standard InChI is InChI=1S/C12H13NO/c14-9-12-7-6-11(13-12)8-10-4-2-1-3-5-10/h1-7,13-14H,8-9H2. The first-order chi connectivity index (χ1) is 6.88. The van der Waals surface area contributed by atoms with Crippen LogP contribution in [0.2, 0.25) is 0 Å². The van der Waals surface area contributed by atoms with Crippen LogP contribution in [0.25, 0.3) is 0 Å². The van der Waals surface area contributed by atoms with Gasteiger partial charge in [-0.1, -0.05) is 30.3 Å². The monoisotopic (exact) mass is 187 g/mol. The molecule has 1 heterocycles. The van der Waals surface area contributed by atoms with Gasteiger partial charge >= 0.3 is 0 Å². The van der Waals surface area contributed by atoms with E-state index in [1.165, 1.54) is 5.56 Å². The summed E-state index contributed by atoms with van der Waals surface area (Å²) >= 11 is 0. The largest absolute Gasteiger partial charge is 0.390 e. The molecule has 2 nitrogen and oxygen atoms in total. The quantitative estimate of drug-likeness (QED) is 0.758. The summed E-state index contributed by atoms with van der Waals surface area (Å²) in [6.45, 7) is 0.0782. The lowest BCUT2D eigenvalue weighted by Crippen LogP contribution is -1.89. The summed E-state index contributed by atoms with van der Waals surface area (Å²) in [5, 5.41) is 8.89. The van der Waals surface area contributed by atoms with Gasteiger partial charge in [0.1, 0.15) is 0 Å². The number of hydrogen-bond donors (Lipinski definition) is 2. The average Bonchev–Trinajstić information content (AvgIpc) is 2.67. The van der Waals surface area contributed by atoms with E-state index in [0.717, 1.165) is 17.8 Å². The van der Waals surface area contributed by atoms with Gasteiger partial charge in [0.05, 0.1) is 6.61 Å². The molecule has 0 aliphatic heterocycles. The zero-order valence-corrected chi connectivity index (χ0v) is 7.90. The van der Waals surface area contributed by atoms with E-state index in [-0.39, 0.29) is 6.61 Å². The van der Waals surface area contributed by atoms with Crippen molar-refractivity contribution in [2.75, 3.05) is 0 Å². The lowest BCUT2D eigenvalue weighted by Gasteiger charge is -1.98. The molecule has 2 aromatic rings. The minimum Gasteiger partial charge on any atom is -0.390 e. The van der Waals surface area contributed by atoms with Crippen LogP contribution in [-0.2, 0) is 13.0 Å².